The second-order valence-electron chi connectivity index (χ2n) is 6.96. The van der Waals surface area contributed by atoms with Crippen LogP contribution < -0.4 is 15.4 Å². The van der Waals surface area contributed by atoms with Crippen LogP contribution in [0.5, 0.6) is 5.75 Å². The molecule has 0 aliphatic carbocycles. The Morgan fingerprint density at radius 2 is 1.92 bits per heavy atom. The van der Waals surface area contributed by atoms with Crippen molar-refractivity contribution in [1.29, 1.82) is 0 Å². The van der Waals surface area contributed by atoms with E-state index in [1.54, 1.807) is 12.4 Å². The van der Waals surface area contributed by atoms with Gasteiger partial charge in [0.25, 0.3) is 5.91 Å². The molecule has 1 aromatic heterocycles. The van der Waals surface area contributed by atoms with Crippen LogP contribution in [-0.4, -0.2) is 35.1 Å². The van der Waals surface area contributed by atoms with Gasteiger partial charge in [-0.15, -0.1) is 0 Å². The second-order valence-corrected chi connectivity index (χ2v) is 6.96. The first-order chi connectivity index (χ1) is 12.5. The predicted molar refractivity (Wildman–Crippen MR) is 102 cm³/mol. The monoisotopic (exact) mass is 354 g/mol. The third-order valence-electron chi connectivity index (χ3n) is 4.43. The lowest BCUT2D eigenvalue weighted by Gasteiger charge is -2.21. The second kappa shape index (κ2) is 8.27. The topological polar surface area (TPSA) is 76.1 Å². The summed E-state index contributed by atoms with van der Waals surface area (Å²) in [7, 11) is 0. The van der Waals surface area contributed by atoms with Crippen LogP contribution in [0.3, 0.4) is 0 Å². The van der Waals surface area contributed by atoms with Crippen LogP contribution in [0.4, 0.5) is 5.69 Å². The van der Waals surface area contributed by atoms with E-state index in [4.69, 9.17) is 4.74 Å². The number of carbonyl (C=O) groups excluding carboxylic acids is 1. The van der Waals surface area contributed by atoms with Gasteiger partial charge < -0.3 is 15.4 Å². The zero-order chi connectivity index (χ0) is 18.5. The number of carbonyl (C=O) groups is 1. The average molecular weight is 354 g/mol. The van der Waals surface area contributed by atoms with Crippen LogP contribution in [0.15, 0.2) is 30.6 Å². The summed E-state index contributed by atoms with van der Waals surface area (Å²) < 4.78 is 5.72. The Labute approximate surface area is 154 Å². The molecule has 0 atom stereocenters. The molecule has 6 heteroatoms. The Kier molecular flexibility index (Phi) is 5.83. The van der Waals surface area contributed by atoms with Gasteiger partial charge in [-0.05, 0) is 70.5 Å². The fraction of sp³-hybridized carbons (Fsp3) is 0.450. The van der Waals surface area contributed by atoms with Gasteiger partial charge in [0.05, 0.1) is 11.7 Å². The molecule has 1 aliphatic heterocycles. The molecule has 1 aliphatic rings. The molecule has 6 nitrogen and oxygen atoms in total. The van der Waals surface area contributed by atoms with Gasteiger partial charge in [-0.25, -0.2) is 9.97 Å². The zero-order valence-electron chi connectivity index (χ0n) is 15.6. The highest BCUT2D eigenvalue weighted by Crippen LogP contribution is 2.24. The fourth-order valence-electron chi connectivity index (χ4n) is 3.06. The summed E-state index contributed by atoms with van der Waals surface area (Å²) >= 11 is 0. The van der Waals surface area contributed by atoms with Crippen molar-refractivity contribution < 1.29 is 9.53 Å². The number of amides is 1. The quantitative estimate of drug-likeness (QED) is 0.862. The van der Waals surface area contributed by atoms with Gasteiger partial charge in [-0.1, -0.05) is 0 Å². The molecule has 1 saturated heterocycles. The Morgan fingerprint density at radius 1 is 1.23 bits per heavy atom. The molecule has 138 valence electrons. The van der Waals surface area contributed by atoms with Gasteiger partial charge in [-0.3, -0.25) is 4.79 Å². The van der Waals surface area contributed by atoms with Crippen LogP contribution in [-0.2, 0) is 0 Å². The molecule has 0 bridgehead atoms. The number of ether oxygens (including phenoxy) is 1. The molecule has 26 heavy (non-hydrogen) atoms. The van der Waals surface area contributed by atoms with Gasteiger partial charge >= 0.3 is 0 Å². The van der Waals surface area contributed by atoms with Crippen LogP contribution in [0.2, 0.25) is 0 Å². The summed E-state index contributed by atoms with van der Waals surface area (Å²) in [5, 5.41) is 6.23. The smallest absolute Gasteiger partial charge is 0.258 e. The molecule has 3 rings (SSSR count). The van der Waals surface area contributed by atoms with Crippen LogP contribution in [0.1, 0.15) is 54.4 Å². The Bertz CT molecular complexity index is 753. The van der Waals surface area contributed by atoms with Crippen molar-refractivity contribution in [2.75, 3.05) is 18.4 Å². The molecular formula is C20H26N4O2. The van der Waals surface area contributed by atoms with Gasteiger partial charge in [0.2, 0.25) is 0 Å². The normalized spacial score (nSPS) is 15.1. The van der Waals surface area contributed by atoms with Crippen molar-refractivity contribution in [2.45, 2.75) is 45.6 Å². The number of benzene rings is 1. The highest BCUT2D eigenvalue weighted by molar-refractivity contribution is 6.03. The summed E-state index contributed by atoms with van der Waals surface area (Å²) in [5.74, 6) is 1.82. The third kappa shape index (κ3) is 4.58. The predicted octanol–water partition coefficient (Wildman–Crippen LogP) is 3.29. The molecule has 1 fully saturated rings. The lowest BCUT2D eigenvalue weighted by Crippen LogP contribution is -2.27. The maximum atomic E-state index is 12.4. The number of aryl methyl sites for hydroxylation is 1. The summed E-state index contributed by atoms with van der Waals surface area (Å²) in [4.78, 5) is 21.3. The van der Waals surface area contributed by atoms with E-state index in [-0.39, 0.29) is 12.0 Å². The molecule has 0 spiro atoms. The minimum Gasteiger partial charge on any atom is -0.491 e. The summed E-state index contributed by atoms with van der Waals surface area (Å²) in [6.45, 7) is 7.92. The molecule has 1 amide bonds. The average Bonchev–Trinajstić information content (AvgIpc) is 2.64. The van der Waals surface area contributed by atoms with Gasteiger partial charge in [-0.2, -0.15) is 0 Å². The number of nitrogens with one attached hydrogen (secondary N) is 2. The van der Waals surface area contributed by atoms with E-state index in [1.807, 2.05) is 39.0 Å². The number of nitrogens with zero attached hydrogens (tertiary/aromatic N) is 2. The fourth-order valence-corrected chi connectivity index (χ4v) is 3.06. The SMILES string of the molecule is Cc1cc(NC(=O)c2cnc(C3CCNCC3)nc2)ccc1OC(C)C. The van der Waals surface area contributed by atoms with Gasteiger partial charge in [0, 0.05) is 24.0 Å². The van der Waals surface area contributed by atoms with E-state index >= 15 is 0 Å². The number of aromatic nitrogens is 2. The van der Waals surface area contributed by atoms with Crippen molar-refractivity contribution in [1.82, 2.24) is 15.3 Å². The van der Waals surface area contributed by atoms with Crippen molar-refractivity contribution in [3.05, 3.63) is 47.5 Å². The standard InChI is InChI=1S/C20H26N4O2/c1-13(2)26-18-5-4-17(10-14(18)3)24-20(25)16-11-22-19(23-12-16)15-6-8-21-9-7-15/h4-5,10-13,15,21H,6-9H2,1-3H3,(H,24,25). The Balaban J connectivity index is 1.65. The number of hydrogen-bond acceptors (Lipinski definition) is 5. The molecular weight excluding hydrogens is 328 g/mol. The maximum absolute atomic E-state index is 12.4. The van der Waals surface area contributed by atoms with E-state index in [9.17, 15) is 4.79 Å². The number of anilines is 1. The Hall–Kier alpha value is -2.47. The molecule has 1 aromatic carbocycles. The molecule has 2 heterocycles. The van der Waals surface area contributed by atoms with Gasteiger partial charge in [0.15, 0.2) is 0 Å². The number of hydrogen-bond donors (Lipinski definition) is 2. The molecule has 0 saturated carbocycles. The van der Waals surface area contributed by atoms with Crippen LogP contribution in [0.25, 0.3) is 0 Å². The summed E-state index contributed by atoms with van der Waals surface area (Å²) in [6.07, 6.45) is 5.42. The van der Waals surface area contributed by atoms with Crippen molar-refractivity contribution in [2.24, 2.45) is 0 Å². The molecule has 2 aromatic rings. The minimum absolute atomic E-state index is 0.116. The van der Waals surface area contributed by atoms with E-state index in [2.05, 4.69) is 20.6 Å². The first-order valence-corrected chi connectivity index (χ1v) is 9.14. The number of rotatable bonds is 5. The first kappa shape index (κ1) is 18.3. The van der Waals surface area contributed by atoms with E-state index < -0.39 is 0 Å². The van der Waals surface area contributed by atoms with E-state index in [0.29, 0.717) is 11.5 Å². The lowest BCUT2D eigenvalue weighted by atomic mass is 9.97. The lowest BCUT2D eigenvalue weighted by molar-refractivity contribution is 0.102. The van der Waals surface area contributed by atoms with Crippen molar-refractivity contribution >= 4 is 11.6 Å². The number of piperidine rings is 1. The molecule has 0 radical (unpaired) electrons. The molecule has 2 N–H and O–H groups in total. The maximum Gasteiger partial charge on any atom is 0.258 e. The highest BCUT2D eigenvalue weighted by Gasteiger charge is 2.18. The zero-order valence-corrected chi connectivity index (χ0v) is 15.6. The Morgan fingerprint density at radius 3 is 2.54 bits per heavy atom. The highest BCUT2D eigenvalue weighted by atomic mass is 16.5. The van der Waals surface area contributed by atoms with E-state index in [1.165, 1.54) is 0 Å². The largest absolute Gasteiger partial charge is 0.491 e. The molecule has 0 unspecified atom stereocenters. The minimum atomic E-state index is -0.209. The van der Waals surface area contributed by atoms with Crippen LogP contribution in [0, 0.1) is 6.92 Å². The summed E-state index contributed by atoms with van der Waals surface area (Å²) in [6, 6.07) is 5.62. The first-order valence-electron chi connectivity index (χ1n) is 9.14. The van der Waals surface area contributed by atoms with Gasteiger partial charge in [0.1, 0.15) is 11.6 Å². The van der Waals surface area contributed by atoms with Crippen molar-refractivity contribution in [3.63, 3.8) is 0 Å². The van der Waals surface area contributed by atoms with E-state index in [0.717, 1.165) is 48.8 Å². The third-order valence-corrected chi connectivity index (χ3v) is 4.43. The van der Waals surface area contributed by atoms with Crippen LogP contribution >= 0.6 is 0 Å². The summed E-state index contributed by atoms with van der Waals surface area (Å²) in [5.41, 5.74) is 2.17. The van der Waals surface area contributed by atoms with Crippen molar-refractivity contribution in [3.8, 4) is 5.75 Å².